The molecule has 0 fully saturated rings. The first kappa shape index (κ1) is 34.4. The van der Waals surface area contributed by atoms with Gasteiger partial charge in [-0.3, -0.25) is 4.68 Å². The standard InChI is InChI=1S/C43H42N4O.Pt/c1-27-22-23-44-37(24-27)46-35-19-11-10-18-33(35)34-21-20-32(26-36(34)46)48-31-17-13-16-30(25-31)47-41(43(7,8)9)39(40(45-47)42(4,5)6)38-28(2)14-12-15-29(38)3;/h10-24H,1-9H3;/q-2;+2. The summed E-state index contributed by atoms with van der Waals surface area (Å²) in [6, 6.07) is 36.3. The number of hydrogen-bond donors (Lipinski definition) is 0. The fraction of sp³-hybridized carbons (Fsp3) is 0.256. The Morgan fingerprint density at radius 3 is 2.06 bits per heavy atom. The number of nitrogens with zero attached hydrogens (tertiary/aromatic N) is 4. The predicted molar refractivity (Wildman–Crippen MR) is 197 cm³/mol. The van der Waals surface area contributed by atoms with Gasteiger partial charge in [0.05, 0.1) is 11.4 Å². The maximum atomic E-state index is 6.53. The molecular weight excluding hydrogens is 784 g/mol. The number of aryl methyl sites for hydroxylation is 3. The fourth-order valence-corrected chi connectivity index (χ4v) is 6.81. The normalized spacial score (nSPS) is 12.0. The first-order valence-corrected chi connectivity index (χ1v) is 16.6. The van der Waals surface area contributed by atoms with Gasteiger partial charge < -0.3 is 9.30 Å². The second-order valence-electron chi connectivity index (χ2n) is 14.9. The van der Waals surface area contributed by atoms with E-state index in [1.165, 1.54) is 22.3 Å². The number of pyridine rings is 1. The summed E-state index contributed by atoms with van der Waals surface area (Å²) < 4.78 is 10.8. The van der Waals surface area contributed by atoms with Crippen LogP contribution in [0.25, 0.3) is 44.4 Å². The minimum atomic E-state index is -0.207. The largest absolute Gasteiger partial charge is 2.00 e. The van der Waals surface area contributed by atoms with E-state index >= 15 is 0 Å². The molecule has 0 radical (unpaired) electrons. The number of rotatable bonds is 5. The Morgan fingerprint density at radius 1 is 0.673 bits per heavy atom. The van der Waals surface area contributed by atoms with Crippen molar-refractivity contribution in [1.29, 1.82) is 0 Å². The maximum Gasteiger partial charge on any atom is 2.00 e. The molecule has 0 spiro atoms. The number of fused-ring (bicyclic) bond motifs is 3. The second-order valence-corrected chi connectivity index (χ2v) is 14.9. The molecule has 7 rings (SSSR count). The Kier molecular flexibility index (Phi) is 8.96. The molecule has 0 N–H and O–H groups in total. The van der Waals surface area contributed by atoms with Gasteiger partial charge in [0, 0.05) is 39.6 Å². The number of para-hydroxylation sites is 1. The maximum absolute atomic E-state index is 6.53. The van der Waals surface area contributed by atoms with E-state index in [0.29, 0.717) is 11.5 Å². The van der Waals surface area contributed by atoms with Crippen LogP contribution in [0.1, 0.15) is 69.6 Å². The molecule has 0 saturated carbocycles. The Bertz CT molecular complexity index is 2310. The van der Waals surface area contributed by atoms with Crippen molar-refractivity contribution in [2.24, 2.45) is 0 Å². The number of hydrogen-bond acceptors (Lipinski definition) is 3. The van der Waals surface area contributed by atoms with Crippen molar-refractivity contribution >= 4 is 21.8 Å². The minimum absolute atomic E-state index is 0. The summed E-state index contributed by atoms with van der Waals surface area (Å²) in [5, 5.41) is 7.60. The van der Waals surface area contributed by atoms with Crippen LogP contribution in [0.2, 0.25) is 0 Å². The molecular formula is C43H42N4OPt. The molecule has 0 aliphatic rings. The first-order valence-electron chi connectivity index (χ1n) is 16.6. The van der Waals surface area contributed by atoms with Crippen molar-refractivity contribution in [2.45, 2.75) is 73.1 Å². The molecule has 0 aliphatic carbocycles. The second kappa shape index (κ2) is 12.8. The number of benzene rings is 4. The van der Waals surface area contributed by atoms with E-state index in [2.05, 4.69) is 144 Å². The average Bonchev–Trinajstić information content (AvgIpc) is 3.58. The summed E-state index contributed by atoms with van der Waals surface area (Å²) >= 11 is 0. The molecule has 0 bridgehead atoms. The molecule has 0 unspecified atom stereocenters. The molecule has 3 aromatic heterocycles. The zero-order valence-corrected chi connectivity index (χ0v) is 31.9. The number of aromatic nitrogens is 4. The third-order valence-electron chi connectivity index (χ3n) is 8.93. The van der Waals surface area contributed by atoms with Gasteiger partial charge in [-0.15, -0.1) is 35.7 Å². The monoisotopic (exact) mass is 825 g/mol. The molecule has 250 valence electrons. The van der Waals surface area contributed by atoms with E-state index in [9.17, 15) is 0 Å². The van der Waals surface area contributed by atoms with E-state index in [1.54, 1.807) is 0 Å². The smallest absolute Gasteiger partial charge is 0.509 e. The van der Waals surface area contributed by atoms with Crippen molar-refractivity contribution in [3.8, 4) is 34.1 Å². The Balaban J connectivity index is 0.00000417. The van der Waals surface area contributed by atoms with Crippen molar-refractivity contribution in [1.82, 2.24) is 19.3 Å². The van der Waals surface area contributed by atoms with Gasteiger partial charge in [-0.2, -0.15) is 17.2 Å². The molecule has 4 aromatic carbocycles. The van der Waals surface area contributed by atoms with Crippen LogP contribution in [0.5, 0.6) is 11.5 Å². The van der Waals surface area contributed by atoms with Gasteiger partial charge in [0.2, 0.25) is 0 Å². The number of ether oxygens (including phenoxy) is 1. The van der Waals surface area contributed by atoms with Crippen molar-refractivity contribution in [2.75, 3.05) is 0 Å². The van der Waals surface area contributed by atoms with E-state index in [-0.39, 0.29) is 31.9 Å². The zero-order chi connectivity index (χ0) is 34.0. The summed E-state index contributed by atoms with van der Waals surface area (Å²) in [5.74, 6) is 2.06. The van der Waals surface area contributed by atoms with Gasteiger partial charge in [0.1, 0.15) is 5.82 Å². The summed E-state index contributed by atoms with van der Waals surface area (Å²) in [5.41, 5.74) is 10.8. The zero-order valence-electron chi connectivity index (χ0n) is 29.7. The Morgan fingerprint density at radius 2 is 1.37 bits per heavy atom. The van der Waals surface area contributed by atoms with Crippen LogP contribution in [0.15, 0.2) is 91.1 Å². The Labute approximate surface area is 304 Å². The summed E-state index contributed by atoms with van der Waals surface area (Å²) in [4.78, 5) is 4.71. The van der Waals surface area contributed by atoms with E-state index in [4.69, 9.17) is 14.8 Å². The van der Waals surface area contributed by atoms with Crippen molar-refractivity contribution < 1.29 is 25.8 Å². The molecule has 6 heteroatoms. The molecule has 0 saturated heterocycles. The topological polar surface area (TPSA) is 44.9 Å². The first-order chi connectivity index (χ1) is 22.8. The molecule has 49 heavy (non-hydrogen) atoms. The van der Waals surface area contributed by atoms with Gasteiger partial charge in [-0.1, -0.05) is 83.5 Å². The Hall–Kier alpha value is -4.47. The fourth-order valence-electron chi connectivity index (χ4n) is 6.81. The quantitative estimate of drug-likeness (QED) is 0.162. The van der Waals surface area contributed by atoms with Crippen LogP contribution in [-0.4, -0.2) is 19.3 Å². The van der Waals surface area contributed by atoms with Crippen LogP contribution in [0.4, 0.5) is 0 Å². The van der Waals surface area contributed by atoms with Gasteiger partial charge in [0.25, 0.3) is 0 Å². The van der Waals surface area contributed by atoms with E-state index in [0.717, 1.165) is 50.3 Å². The SMILES string of the molecule is Cc1ccnc(-n2c3[c-]c(Oc4[c-]c(-n5nc(C(C)(C)C)c(-c6c(C)cccc6C)c5C(C)(C)C)ccc4)ccc3c3ccccc32)c1.[Pt+2]. The van der Waals surface area contributed by atoms with Crippen molar-refractivity contribution in [3.05, 3.63) is 131 Å². The average molecular weight is 826 g/mol. The molecule has 0 aliphatic heterocycles. The molecule has 5 nitrogen and oxygen atoms in total. The molecule has 3 heterocycles. The third-order valence-corrected chi connectivity index (χ3v) is 8.93. The van der Waals surface area contributed by atoms with Gasteiger partial charge in [-0.25, -0.2) is 4.98 Å². The minimum Gasteiger partial charge on any atom is -0.509 e. The summed E-state index contributed by atoms with van der Waals surface area (Å²) in [6.45, 7) is 20.0. The molecule has 0 atom stereocenters. The van der Waals surface area contributed by atoms with Crippen LogP contribution < -0.4 is 4.74 Å². The summed E-state index contributed by atoms with van der Waals surface area (Å²) in [6.07, 6.45) is 1.85. The van der Waals surface area contributed by atoms with Crippen LogP contribution in [0, 0.1) is 32.9 Å². The van der Waals surface area contributed by atoms with Gasteiger partial charge >= 0.3 is 21.1 Å². The van der Waals surface area contributed by atoms with E-state index in [1.807, 2.05) is 30.5 Å². The van der Waals surface area contributed by atoms with E-state index < -0.39 is 0 Å². The molecule has 0 amide bonds. The van der Waals surface area contributed by atoms with Crippen molar-refractivity contribution in [3.63, 3.8) is 0 Å². The van der Waals surface area contributed by atoms with Gasteiger partial charge in [0.15, 0.2) is 0 Å². The van der Waals surface area contributed by atoms with Crippen LogP contribution in [-0.2, 0) is 31.9 Å². The van der Waals surface area contributed by atoms with Gasteiger partial charge in [-0.05, 0) is 72.3 Å². The molecule has 7 aromatic rings. The van der Waals surface area contributed by atoms with Crippen LogP contribution in [0.3, 0.4) is 0 Å². The summed E-state index contributed by atoms with van der Waals surface area (Å²) in [7, 11) is 0. The third kappa shape index (κ3) is 6.26. The predicted octanol–water partition coefficient (Wildman–Crippen LogP) is 10.9. The van der Waals surface area contributed by atoms with Crippen LogP contribution >= 0.6 is 0 Å².